The number of carbonyl (C=O) groups excluding carboxylic acids is 1. The third-order valence-corrected chi connectivity index (χ3v) is 7.38. The van der Waals surface area contributed by atoms with E-state index >= 15 is 0 Å². The molecule has 2 N–H and O–H groups in total. The van der Waals surface area contributed by atoms with Crippen LogP contribution >= 0.6 is 0 Å². The van der Waals surface area contributed by atoms with Crippen LogP contribution in [-0.2, 0) is 14.8 Å². The summed E-state index contributed by atoms with van der Waals surface area (Å²) in [6.07, 6.45) is 2.46. The quantitative estimate of drug-likeness (QED) is 0.506. The number of amides is 1. The monoisotopic (exact) mass is 443 g/mol. The van der Waals surface area contributed by atoms with Crippen molar-refractivity contribution in [3.8, 4) is 5.75 Å². The van der Waals surface area contributed by atoms with Crippen molar-refractivity contribution in [1.29, 1.82) is 0 Å². The fraction of sp³-hybridized carbons (Fsp3) is 0.391. The second-order valence-electron chi connectivity index (χ2n) is 7.82. The minimum atomic E-state index is -3.55. The third-order valence-electron chi connectivity index (χ3n) is 5.47. The van der Waals surface area contributed by atoms with Crippen LogP contribution in [0.5, 0.6) is 5.75 Å². The molecule has 1 fully saturated rings. The number of hydrazone groups is 1. The average molecular weight is 444 g/mol. The van der Waals surface area contributed by atoms with E-state index in [1.54, 1.807) is 48.5 Å². The molecule has 1 amide bonds. The van der Waals surface area contributed by atoms with Crippen molar-refractivity contribution in [2.24, 2.45) is 11.0 Å². The zero-order chi connectivity index (χ0) is 22.4. The maximum atomic E-state index is 12.8. The molecule has 1 aliphatic rings. The maximum absolute atomic E-state index is 12.8. The topological polar surface area (TPSA) is 99.1 Å². The number of carbonyl (C=O) groups is 1. The maximum Gasteiger partial charge on any atom is 0.243 e. The zero-order valence-corrected chi connectivity index (χ0v) is 18.7. The molecule has 31 heavy (non-hydrogen) atoms. The van der Waals surface area contributed by atoms with Gasteiger partial charge in [0.1, 0.15) is 5.75 Å². The molecule has 0 unspecified atom stereocenters. The van der Waals surface area contributed by atoms with Gasteiger partial charge in [0.2, 0.25) is 15.9 Å². The molecule has 1 saturated heterocycles. The summed E-state index contributed by atoms with van der Waals surface area (Å²) in [6, 6.07) is 13.5. The standard InChI is InChI=1S/C23H29N3O4S/c1-3-4-22(18-7-9-20(27)10-8-18)24-25-23(28)19-13-15-26(16-14-19)31(29,30)21-11-5-17(2)6-12-21/h5-12,19,27H,3-4,13-16H2,1-2H3,(H,25,28). The summed E-state index contributed by atoms with van der Waals surface area (Å²) in [6.45, 7) is 4.55. The number of sulfonamides is 1. The van der Waals surface area contributed by atoms with Gasteiger partial charge in [-0.25, -0.2) is 13.8 Å². The van der Waals surface area contributed by atoms with Gasteiger partial charge in [0.25, 0.3) is 0 Å². The van der Waals surface area contributed by atoms with Crippen LogP contribution in [0.25, 0.3) is 0 Å². The highest BCUT2D eigenvalue weighted by Gasteiger charge is 2.32. The highest BCUT2D eigenvalue weighted by Crippen LogP contribution is 2.24. The number of hydrogen-bond acceptors (Lipinski definition) is 5. The fourth-order valence-corrected chi connectivity index (χ4v) is 5.06. The van der Waals surface area contributed by atoms with Gasteiger partial charge in [-0.1, -0.05) is 31.0 Å². The van der Waals surface area contributed by atoms with E-state index < -0.39 is 10.0 Å². The molecule has 0 spiro atoms. The summed E-state index contributed by atoms with van der Waals surface area (Å²) < 4.78 is 27.1. The van der Waals surface area contributed by atoms with Crippen LogP contribution in [0.3, 0.4) is 0 Å². The SMILES string of the molecule is CCCC(=NNC(=O)C1CCN(S(=O)(=O)c2ccc(C)cc2)CC1)c1ccc(O)cc1. The van der Waals surface area contributed by atoms with Gasteiger partial charge in [0.15, 0.2) is 0 Å². The Labute approximate surface area is 183 Å². The van der Waals surface area contributed by atoms with Crippen molar-refractivity contribution in [3.63, 3.8) is 0 Å². The van der Waals surface area contributed by atoms with Crippen LogP contribution in [0.4, 0.5) is 0 Å². The molecule has 1 heterocycles. The van der Waals surface area contributed by atoms with Gasteiger partial charge in [-0.3, -0.25) is 4.79 Å². The number of piperidine rings is 1. The third kappa shape index (κ3) is 5.71. The number of benzene rings is 2. The van der Waals surface area contributed by atoms with E-state index in [4.69, 9.17) is 0 Å². The van der Waals surface area contributed by atoms with Gasteiger partial charge in [-0.15, -0.1) is 0 Å². The number of phenolic OH excluding ortho intramolecular Hbond substituents is 1. The number of phenols is 1. The van der Waals surface area contributed by atoms with E-state index in [9.17, 15) is 18.3 Å². The zero-order valence-electron chi connectivity index (χ0n) is 17.9. The van der Waals surface area contributed by atoms with Crippen molar-refractivity contribution in [2.75, 3.05) is 13.1 Å². The fourth-order valence-electron chi connectivity index (χ4n) is 3.59. The Kier molecular flexibility index (Phi) is 7.46. The first-order valence-corrected chi connectivity index (χ1v) is 12.0. The Morgan fingerprint density at radius 3 is 2.29 bits per heavy atom. The molecule has 0 atom stereocenters. The van der Waals surface area contributed by atoms with Crippen molar-refractivity contribution in [1.82, 2.24) is 9.73 Å². The molecule has 2 aromatic carbocycles. The van der Waals surface area contributed by atoms with Gasteiger partial charge >= 0.3 is 0 Å². The number of nitrogens with zero attached hydrogens (tertiary/aromatic N) is 2. The van der Waals surface area contributed by atoms with Crippen molar-refractivity contribution >= 4 is 21.6 Å². The van der Waals surface area contributed by atoms with Crippen LogP contribution < -0.4 is 5.43 Å². The van der Waals surface area contributed by atoms with Gasteiger partial charge in [0.05, 0.1) is 10.6 Å². The van der Waals surface area contributed by atoms with E-state index in [1.165, 1.54) is 4.31 Å². The highest BCUT2D eigenvalue weighted by atomic mass is 32.2. The summed E-state index contributed by atoms with van der Waals surface area (Å²) >= 11 is 0. The van der Waals surface area contributed by atoms with Gasteiger partial charge < -0.3 is 5.11 Å². The lowest BCUT2D eigenvalue weighted by Gasteiger charge is -2.30. The Morgan fingerprint density at radius 2 is 1.71 bits per heavy atom. The van der Waals surface area contributed by atoms with Gasteiger partial charge in [0, 0.05) is 19.0 Å². The van der Waals surface area contributed by atoms with Crippen LogP contribution in [0.1, 0.15) is 43.7 Å². The highest BCUT2D eigenvalue weighted by molar-refractivity contribution is 7.89. The second kappa shape index (κ2) is 10.1. The second-order valence-corrected chi connectivity index (χ2v) is 9.76. The summed E-state index contributed by atoms with van der Waals surface area (Å²) in [5.74, 6) is -0.299. The summed E-state index contributed by atoms with van der Waals surface area (Å²) in [5, 5.41) is 13.8. The summed E-state index contributed by atoms with van der Waals surface area (Å²) in [5.41, 5.74) is 5.26. The first kappa shape index (κ1) is 23.0. The normalized spacial score (nSPS) is 16.3. The van der Waals surface area contributed by atoms with Gasteiger partial charge in [-0.05, 0) is 68.1 Å². The van der Waals surface area contributed by atoms with E-state index in [2.05, 4.69) is 10.5 Å². The van der Waals surface area contributed by atoms with Crippen molar-refractivity contribution < 1.29 is 18.3 Å². The molecule has 0 radical (unpaired) electrons. The Hall–Kier alpha value is -2.71. The molecule has 2 aromatic rings. The summed E-state index contributed by atoms with van der Waals surface area (Å²) in [4.78, 5) is 12.9. The molecule has 3 rings (SSSR count). The molecular weight excluding hydrogens is 414 g/mol. The number of nitrogens with one attached hydrogen (secondary N) is 1. The molecule has 0 aliphatic carbocycles. The van der Waals surface area contributed by atoms with E-state index in [0.717, 1.165) is 23.3 Å². The Balaban J connectivity index is 1.61. The lowest BCUT2D eigenvalue weighted by atomic mass is 9.97. The molecule has 0 aromatic heterocycles. The van der Waals surface area contributed by atoms with Crippen LogP contribution in [0.2, 0.25) is 0 Å². The number of aryl methyl sites for hydroxylation is 1. The van der Waals surface area contributed by atoms with E-state index in [-0.39, 0.29) is 22.5 Å². The van der Waals surface area contributed by atoms with E-state index in [1.807, 2.05) is 13.8 Å². The average Bonchev–Trinajstić information content (AvgIpc) is 2.77. The lowest BCUT2D eigenvalue weighted by molar-refractivity contribution is -0.126. The minimum absolute atomic E-state index is 0.177. The largest absolute Gasteiger partial charge is 0.508 e. The number of aromatic hydroxyl groups is 1. The molecule has 0 bridgehead atoms. The van der Waals surface area contributed by atoms with Crippen LogP contribution in [0.15, 0.2) is 58.5 Å². The lowest BCUT2D eigenvalue weighted by Crippen LogP contribution is -2.42. The first-order valence-electron chi connectivity index (χ1n) is 10.5. The first-order chi connectivity index (χ1) is 14.8. The molecule has 1 aliphatic heterocycles. The molecular formula is C23H29N3O4S. The molecule has 0 saturated carbocycles. The summed E-state index contributed by atoms with van der Waals surface area (Å²) in [7, 11) is -3.55. The Morgan fingerprint density at radius 1 is 1.10 bits per heavy atom. The van der Waals surface area contributed by atoms with Crippen LogP contribution in [-0.4, -0.2) is 42.5 Å². The van der Waals surface area contributed by atoms with Gasteiger partial charge in [-0.2, -0.15) is 9.41 Å². The number of rotatable bonds is 7. The van der Waals surface area contributed by atoms with Crippen LogP contribution in [0, 0.1) is 12.8 Å². The predicted octanol–water partition coefficient (Wildman–Crippen LogP) is 3.42. The smallest absolute Gasteiger partial charge is 0.243 e. The number of hydrogen-bond donors (Lipinski definition) is 2. The van der Waals surface area contributed by atoms with E-state index in [0.29, 0.717) is 32.4 Å². The minimum Gasteiger partial charge on any atom is -0.508 e. The molecule has 7 nitrogen and oxygen atoms in total. The molecule has 8 heteroatoms. The Bertz CT molecular complexity index is 1020. The van der Waals surface area contributed by atoms with Crippen molar-refractivity contribution in [3.05, 3.63) is 59.7 Å². The van der Waals surface area contributed by atoms with Crippen molar-refractivity contribution in [2.45, 2.75) is 44.4 Å². The predicted molar refractivity (Wildman–Crippen MR) is 120 cm³/mol. The molecule has 166 valence electrons.